The van der Waals surface area contributed by atoms with Gasteiger partial charge >= 0.3 is 0 Å². The van der Waals surface area contributed by atoms with Gasteiger partial charge in [0, 0.05) is 30.9 Å². The van der Waals surface area contributed by atoms with Crippen molar-refractivity contribution in [3.63, 3.8) is 0 Å². The SMILES string of the molecule is Cc1c(C(=O)N2CCN(C(=O)C3CCCN3)CC2)sc2ccccc12.Cl. The fourth-order valence-corrected chi connectivity index (χ4v) is 4.94. The fourth-order valence-electron chi connectivity index (χ4n) is 3.77. The summed E-state index contributed by atoms with van der Waals surface area (Å²) in [5, 5.41) is 4.43. The van der Waals surface area contributed by atoms with Crippen molar-refractivity contribution in [3.8, 4) is 0 Å². The van der Waals surface area contributed by atoms with Crippen LogP contribution in [0.2, 0.25) is 0 Å². The highest BCUT2D eigenvalue weighted by Gasteiger charge is 2.31. The standard InChI is InChI=1S/C19H23N3O2S.ClH/c1-13-14-5-2-3-7-16(14)25-17(13)19(24)22-11-9-21(10-12-22)18(23)15-6-4-8-20-15;/h2-3,5,7,15,20H,4,6,8-12H2,1H3;1H. The van der Waals surface area contributed by atoms with Crippen LogP contribution >= 0.6 is 23.7 Å². The summed E-state index contributed by atoms with van der Waals surface area (Å²) in [5.74, 6) is 0.299. The summed E-state index contributed by atoms with van der Waals surface area (Å²) in [7, 11) is 0. The summed E-state index contributed by atoms with van der Waals surface area (Å²) in [6.07, 6.45) is 2.00. The third-order valence-corrected chi connectivity index (χ3v) is 6.54. The lowest BCUT2D eigenvalue weighted by atomic mass is 10.1. The Hall–Kier alpha value is -1.63. The quantitative estimate of drug-likeness (QED) is 0.853. The molecule has 2 aromatic rings. The molecule has 7 heteroatoms. The summed E-state index contributed by atoms with van der Waals surface area (Å²) in [6.45, 7) is 5.45. The number of rotatable bonds is 2. The molecule has 4 rings (SSSR count). The zero-order valence-electron chi connectivity index (χ0n) is 14.9. The second kappa shape index (κ2) is 7.94. The number of halogens is 1. The molecule has 2 saturated heterocycles. The molecule has 3 heterocycles. The zero-order chi connectivity index (χ0) is 17.4. The second-order valence-corrected chi connectivity index (χ2v) is 7.87. The van der Waals surface area contributed by atoms with Crippen molar-refractivity contribution in [2.45, 2.75) is 25.8 Å². The van der Waals surface area contributed by atoms with Crippen molar-refractivity contribution >= 4 is 45.6 Å². The first-order valence-electron chi connectivity index (χ1n) is 8.95. The van der Waals surface area contributed by atoms with Gasteiger partial charge in [0.15, 0.2) is 0 Å². The Bertz CT molecular complexity index is 808. The van der Waals surface area contributed by atoms with Crippen molar-refractivity contribution in [3.05, 3.63) is 34.7 Å². The van der Waals surface area contributed by atoms with Crippen LogP contribution in [0.4, 0.5) is 0 Å². The number of nitrogens with one attached hydrogen (secondary N) is 1. The normalized spacial score (nSPS) is 20.3. The van der Waals surface area contributed by atoms with Crippen LogP contribution in [-0.2, 0) is 4.79 Å². The van der Waals surface area contributed by atoms with Gasteiger partial charge in [-0.15, -0.1) is 23.7 Å². The maximum absolute atomic E-state index is 12.9. The molecule has 2 aliphatic heterocycles. The molecule has 0 saturated carbocycles. The average molecular weight is 394 g/mol. The molecule has 0 radical (unpaired) electrons. The molecule has 5 nitrogen and oxygen atoms in total. The van der Waals surface area contributed by atoms with E-state index >= 15 is 0 Å². The molecule has 2 aliphatic rings. The van der Waals surface area contributed by atoms with Gasteiger partial charge in [-0.3, -0.25) is 9.59 Å². The van der Waals surface area contributed by atoms with Gasteiger partial charge in [0.1, 0.15) is 0 Å². The van der Waals surface area contributed by atoms with Crippen LogP contribution in [0.15, 0.2) is 24.3 Å². The zero-order valence-corrected chi connectivity index (χ0v) is 16.5. The molecule has 0 bridgehead atoms. The molecule has 0 spiro atoms. The van der Waals surface area contributed by atoms with E-state index in [0.29, 0.717) is 26.2 Å². The van der Waals surface area contributed by atoms with E-state index in [1.807, 2.05) is 28.9 Å². The van der Waals surface area contributed by atoms with Crippen LogP contribution in [0.25, 0.3) is 10.1 Å². The van der Waals surface area contributed by atoms with Crippen LogP contribution < -0.4 is 5.32 Å². The summed E-state index contributed by atoms with van der Waals surface area (Å²) < 4.78 is 1.16. The van der Waals surface area contributed by atoms with E-state index < -0.39 is 0 Å². The lowest BCUT2D eigenvalue weighted by Gasteiger charge is -2.35. The van der Waals surface area contributed by atoms with E-state index in [4.69, 9.17) is 0 Å². The van der Waals surface area contributed by atoms with Crippen molar-refractivity contribution < 1.29 is 9.59 Å². The lowest BCUT2D eigenvalue weighted by molar-refractivity contribution is -0.134. The number of nitrogens with zero attached hydrogens (tertiary/aromatic N) is 2. The predicted octanol–water partition coefficient (Wildman–Crippen LogP) is 2.67. The van der Waals surface area contributed by atoms with Crippen molar-refractivity contribution in [1.82, 2.24) is 15.1 Å². The molecule has 2 amide bonds. The molecule has 1 atom stereocenters. The molecular weight excluding hydrogens is 370 g/mol. The van der Waals surface area contributed by atoms with E-state index in [2.05, 4.69) is 17.4 Å². The molecule has 1 aromatic heterocycles. The highest BCUT2D eigenvalue weighted by atomic mass is 35.5. The minimum Gasteiger partial charge on any atom is -0.338 e. The molecule has 1 N–H and O–H groups in total. The third-order valence-electron chi connectivity index (χ3n) is 5.27. The highest BCUT2D eigenvalue weighted by molar-refractivity contribution is 7.21. The Labute approximate surface area is 163 Å². The maximum atomic E-state index is 12.9. The number of fused-ring (bicyclic) bond motifs is 1. The molecule has 2 fully saturated rings. The number of carbonyl (C=O) groups is 2. The molecule has 140 valence electrons. The second-order valence-electron chi connectivity index (χ2n) is 6.82. The molecule has 1 unspecified atom stereocenters. The summed E-state index contributed by atoms with van der Waals surface area (Å²) >= 11 is 1.57. The van der Waals surface area contributed by atoms with Gasteiger partial charge in [-0.25, -0.2) is 0 Å². The maximum Gasteiger partial charge on any atom is 0.264 e. The number of amides is 2. The van der Waals surface area contributed by atoms with Crippen molar-refractivity contribution in [1.29, 1.82) is 0 Å². The first-order chi connectivity index (χ1) is 12.1. The lowest BCUT2D eigenvalue weighted by Crippen LogP contribution is -2.54. The Morgan fingerprint density at radius 3 is 2.46 bits per heavy atom. The summed E-state index contributed by atoms with van der Waals surface area (Å²) in [6, 6.07) is 8.14. The number of benzene rings is 1. The largest absolute Gasteiger partial charge is 0.338 e. The van der Waals surface area contributed by atoms with Gasteiger partial charge < -0.3 is 15.1 Å². The number of carbonyl (C=O) groups excluding carboxylic acids is 2. The van der Waals surface area contributed by atoms with Gasteiger partial charge in [-0.2, -0.15) is 0 Å². The topological polar surface area (TPSA) is 52.7 Å². The van der Waals surface area contributed by atoms with Crippen LogP contribution in [0, 0.1) is 6.92 Å². The summed E-state index contributed by atoms with van der Waals surface area (Å²) in [4.78, 5) is 30.1. The van der Waals surface area contributed by atoms with E-state index in [0.717, 1.165) is 39.9 Å². The minimum absolute atomic E-state index is 0. The van der Waals surface area contributed by atoms with E-state index in [9.17, 15) is 9.59 Å². The van der Waals surface area contributed by atoms with Gasteiger partial charge in [0.05, 0.1) is 10.9 Å². The predicted molar refractivity (Wildman–Crippen MR) is 107 cm³/mol. The van der Waals surface area contributed by atoms with Crippen LogP contribution in [0.1, 0.15) is 28.1 Å². The van der Waals surface area contributed by atoms with Gasteiger partial charge in [-0.05, 0) is 43.3 Å². The van der Waals surface area contributed by atoms with Crippen molar-refractivity contribution in [2.24, 2.45) is 0 Å². The van der Waals surface area contributed by atoms with Gasteiger partial charge in [0.25, 0.3) is 5.91 Å². The Morgan fingerprint density at radius 2 is 1.81 bits per heavy atom. The Balaban J connectivity index is 0.00000196. The number of hydrogen-bond donors (Lipinski definition) is 1. The number of piperazine rings is 1. The van der Waals surface area contributed by atoms with E-state index in [-0.39, 0.29) is 30.3 Å². The van der Waals surface area contributed by atoms with Crippen LogP contribution in [-0.4, -0.2) is 60.4 Å². The first kappa shape index (κ1) is 19.1. The molecule has 26 heavy (non-hydrogen) atoms. The monoisotopic (exact) mass is 393 g/mol. The third kappa shape index (κ3) is 3.46. The number of aryl methyl sites for hydroxylation is 1. The first-order valence-corrected chi connectivity index (χ1v) is 9.76. The molecule has 0 aliphatic carbocycles. The summed E-state index contributed by atoms with van der Waals surface area (Å²) in [5.41, 5.74) is 1.07. The minimum atomic E-state index is -0.0212. The Kier molecular flexibility index (Phi) is 5.85. The highest BCUT2D eigenvalue weighted by Crippen LogP contribution is 2.31. The molecular formula is C19H24ClN3O2S. The average Bonchev–Trinajstić information content (AvgIpc) is 3.30. The van der Waals surface area contributed by atoms with Gasteiger partial charge in [0.2, 0.25) is 5.91 Å². The van der Waals surface area contributed by atoms with Gasteiger partial charge in [-0.1, -0.05) is 18.2 Å². The molecule has 1 aromatic carbocycles. The van der Waals surface area contributed by atoms with Crippen molar-refractivity contribution in [2.75, 3.05) is 32.7 Å². The number of hydrogen-bond acceptors (Lipinski definition) is 4. The van der Waals surface area contributed by atoms with E-state index in [1.54, 1.807) is 11.3 Å². The smallest absolute Gasteiger partial charge is 0.264 e. The van der Waals surface area contributed by atoms with Crippen LogP contribution in [0.5, 0.6) is 0 Å². The number of thiophene rings is 1. The Morgan fingerprint density at radius 1 is 1.12 bits per heavy atom. The fraction of sp³-hybridized carbons (Fsp3) is 0.474. The van der Waals surface area contributed by atoms with Crippen LogP contribution in [0.3, 0.4) is 0 Å². The van der Waals surface area contributed by atoms with E-state index in [1.165, 1.54) is 0 Å².